The molecule has 1 amide bonds. The molecule has 2 aromatic heterocycles. The average Bonchev–Trinajstić information content (AvgIpc) is 3.20. The lowest BCUT2D eigenvalue weighted by atomic mass is 10.2. The number of amides is 1. The first-order valence-corrected chi connectivity index (χ1v) is 10.9. The Bertz CT molecular complexity index is 1390. The molecule has 0 saturated heterocycles. The molecule has 12 nitrogen and oxygen atoms in total. The van der Waals surface area contributed by atoms with Gasteiger partial charge in [-0.2, -0.15) is 9.67 Å². The minimum atomic E-state index is -3.78. The molecule has 2 heterocycles. The largest absolute Gasteiger partial charge is 0.395 e. The second-order valence-corrected chi connectivity index (χ2v) is 8.19. The number of nitrogens with one attached hydrogen (secondary N) is 2. The third kappa shape index (κ3) is 4.54. The van der Waals surface area contributed by atoms with E-state index in [4.69, 9.17) is 10.2 Å². The van der Waals surface area contributed by atoms with Crippen LogP contribution in [0, 0.1) is 0 Å². The summed E-state index contributed by atoms with van der Waals surface area (Å²) in [5.74, 6) is -0.0912. The molecule has 0 spiro atoms. The number of primary sulfonamides is 1. The molecule has 0 aliphatic carbocycles. The summed E-state index contributed by atoms with van der Waals surface area (Å²) >= 11 is 0. The van der Waals surface area contributed by atoms with Crippen LogP contribution in [0.1, 0.15) is 10.4 Å². The molecule has 0 bridgehead atoms. The van der Waals surface area contributed by atoms with Gasteiger partial charge in [-0.15, -0.1) is 5.10 Å². The summed E-state index contributed by atoms with van der Waals surface area (Å²) < 4.78 is 24.2. The van der Waals surface area contributed by atoms with Gasteiger partial charge in [-0.3, -0.25) is 4.79 Å². The van der Waals surface area contributed by atoms with Crippen LogP contribution in [0.4, 0.5) is 11.6 Å². The van der Waals surface area contributed by atoms with Crippen molar-refractivity contribution in [1.82, 2.24) is 30.3 Å². The average molecular weight is 454 g/mol. The minimum absolute atomic E-state index is 0.00963. The second kappa shape index (κ2) is 8.66. The molecule has 5 N–H and O–H groups in total. The number of nitrogens with zero attached hydrogens (tertiary/aromatic N) is 5. The van der Waals surface area contributed by atoms with Gasteiger partial charge in [0.2, 0.25) is 16.0 Å². The highest BCUT2D eigenvalue weighted by Gasteiger charge is 2.13. The Kier molecular flexibility index (Phi) is 5.77. The zero-order valence-corrected chi connectivity index (χ0v) is 17.3. The first-order chi connectivity index (χ1) is 15.3. The summed E-state index contributed by atoms with van der Waals surface area (Å²) in [6, 6.07) is 12.5. The van der Waals surface area contributed by atoms with Crippen molar-refractivity contribution < 1.29 is 18.3 Å². The number of carbonyl (C=O) groups is 1. The van der Waals surface area contributed by atoms with Gasteiger partial charge in [0, 0.05) is 17.8 Å². The SMILES string of the molecule is NS(=O)(=O)c1ccc(Nc2ncc3nnn(-c4cccc(C(=O)NCCO)c4)c3n2)cc1. The highest BCUT2D eigenvalue weighted by atomic mass is 32.2. The Morgan fingerprint density at radius 3 is 2.66 bits per heavy atom. The molecule has 32 heavy (non-hydrogen) atoms. The highest BCUT2D eigenvalue weighted by molar-refractivity contribution is 7.89. The predicted molar refractivity (Wildman–Crippen MR) is 115 cm³/mol. The van der Waals surface area contributed by atoms with Crippen molar-refractivity contribution in [3.8, 4) is 5.69 Å². The Hall–Kier alpha value is -3.94. The molecule has 0 unspecified atom stereocenters. The fourth-order valence-electron chi connectivity index (χ4n) is 2.87. The minimum Gasteiger partial charge on any atom is -0.395 e. The molecule has 2 aromatic carbocycles. The fraction of sp³-hybridized carbons (Fsp3) is 0.105. The number of hydrogen-bond acceptors (Lipinski definition) is 9. The molecular weight excluding hydrogens is 436 g/mol. The van der Waals surface area contributed by atoms with Crippen LogP contribution in [-0.4, -0.2) is 57.5 Å². The lowest BCUT2D eigenvalue weighted by Gasteiger charge is -2.07. The number of benzene rings is 2. The van der Waals surface area contributed by atoms with Gasteiger partial charge >= 0.3 is 0 Å². The second-order valence-electron chi connectivity index (χ2n) is 6.63. The lowest BCUT2D eigenvalue weighted by molar-refractivity contribution is 0.0944. The Morgan fingerprint density at radius 2 is 1.94 bits per heavy atom. The van der Waals surface area contributed by atoms with E-state index in [0.717, 1.165) is 0 Å². The number of aromatic nitrogens is 5. The summed E-state index contributed by atoms with van der Waals surface area (Å²) in [4.78, 5) is 20.8. The molecule has 0 atom stereocenters. The van der Waals surface area contributed by atoms with Gasteiger partial charge in [0.15, 0.2) is 11.2 Å². The third-order valence-corrected chi connectivity index (χ3v) is 5.31. The normalized spacial score (nSPS) is 11.4. The number of anilines is 2. The van der Waals surface area contributed by atoms with Gasteiger partial charge in [0.25, 0.3) is 5.91 Å². The number of carbonyl (C=O) groups excluding carboxylic acids is 1. The first kappa shape index (κ1) is 21.3. The lowest BCUT2D eigenvalue weighted by Crippen LogP contribution is -2.26. The highest BCUT2D eigenvalue weighted by Crippen LogP contribution is 2.19. The molecule has 0 radical (unpaired) electrons. The number of fused-ring (bicyclic) bond motifs is 1. The molecule has 0 fully saturated rings. The summed E-state index contributed by atoms with van der Waals surface area (Å²) in [5, 5.41) is 27.7. The number of aliphatic hydroxyl groups is 1. The van der Waals surface area contributed by atoms with E-state index in [1.165, 1.54) is 35.1 Å². The van der Waals surface area contributed by atoms with Crippen LogP contribution in [0.2, 0.25) is 0 Å². The number of sulfonamides is 1. The molecule has 13 heteroatoms. The molecule has 0 aliphatic rings. The topological polar surface area (TPSA) is 178 Å². The smallest absolute Gasteiger partial charge is 0.251 e. The van der Waals surface area contributed by atoms with Crippen molar-refractivity contribution in [1.29, 1.82) is 0 Å². The van der Waals surface area contributed by atoms with E-state index in [-0.39, 0.29) is 29.9 Å². The van der Waals surface area contributed by atoms with Crippen molar-refractivity contribution >= 4 is 38.7 Å². The van der Waals surface area contributed by atoms with Gasteiger partial charge in [0.1, 0.15) is 0 Å². The number of nitrogens with two attached hydrogens (primary N) is 1. The summed E-state index contributed by atoms with van der Waals surface area (Å²) in [6.45, 7) is -0.00758. The zero-order valence-electron chi connectivity index (χ0n) is 16.5. The maximum atomic E-state index is 12.2. The van der Waals surface area contributed by atoms with E-state index in [0.29, 0.717) is 28.1 Å². The van der Waals surface area contributed by atoms with Gasteiger partial charge in [0.05, 0.1) is 23.4 Å². The van der Waals surface area contributed by atoms with Gasteiger partial charge in [-0.05, 0) is 42.5 Å². The maximum absolute atomic E-state index is 12.2. The monoisotopic (exact) mass is 454 g/mol. The van der Waals surface area contributed by atoms with Gasteiger partial charge in [-0.25, -0.2) is 18.5 Å². The van der Waals surface area contributed by atoms with Crippen molar-refractivity contribution in [2.75, 3.05) is 18.5 Å². The van der Waals surface area contributed by atoms with Crippen LogP contribution in [0.25, 0.3) is 16.9 Å². The Morgan fingerprint density at radius 1 is 1.16 bits per heavy atom. The van der Waals surface area contributed by atoms with Crippen LogP contribution in [-0.2, 0) is 10.0 Å². The zero-order chi connectivity index (χ0) is 22.7. The first-order valence-electron chi connectivity index (χ1n) is 9.33. The summed E-state index contributed by atoms with van der Waals surface area (Å²) in [5.41, 5.74) is 2.35. The van der Waals surface area contributed by atoms with E-state index in [9.17, 15) is 13.2 Å². The predicted octanol–water partition coefficient (Wildman–Crippen LogP) is 0.324. The van der Waals surface area contributed by atoms with Crippen LogP contribution in [0.5, 0.6) is 0 Å². The van der Waals surface area contributed by atoms with Crippen LogP contribution in [0.15, 0.2) is 59.6 Å². The van der Waals surface area contributed by atoms with E-state index < -0.39 is 10.0 Å². The standard InChI is InChI=1S/C19H18N8O4S/c20-32(30,31)15-6-4-13(5-7-15)23-19-22-11-16-17(24-19)27(26-25-16)14-3-1-2-12(10-14)18(29)21-8-9-28/h1-7,10-11,28H,8-9H2,(H,21,29)(H2,20,30,31)(H,22,23,24). The quantitative estimate of drug-likeness (QED) is 0.306. The number of hydrogen-bond donors (Lipinski definition) is 4. The molecule has 0 aliphatic heterocycles. The summed E-state index contributed by atoms with van der Waals surface area (Å²) in [6.07, 6.45) is 1.49. The van der Waals surface area contributed by atoms with Crippen molar-refractivity contribution in [3.63, 3.8) is 0 Å². The molecule has 164 valence electrons. The molecular formula is C19H18N8O4S. The van der Waals surface area contributed by atoms with E-state index in [2.05, 4.69) is 30.9 Å². The maximum Gasteiger partial charge on any atom is 0.251 e. The summed E-state index contributed by atoms with van der Waals surface area (Å²) in [7, 11) is -3.78. The van der Waals surface area contributed by atoms with Crippen molar-refractivity contribution in [2.24, 2.45) is 5.14 Å². The molecule has 4 aromatic rings. The molecule has 0 saturated carbocycles. The Labute approximate surface area is 182 Å². The Balaban J connectivity index is 1.63. The number of aliphatic hydroxyl groups excluding tert-OH is 1. The van der Waals surface area contributed by atoms with Crippen LogP contribution in [0.3, 0.4) is 0 Å². The number of rotatable bonds is 7. The van der Waals surface area contributed by atoms with Gasteiger partial charge in [-0.1, -0.05) is 11.3 Å². The van der Waals surface area contributed by atoms with Crippen molar-refractivity contribution in [2.45, 2.75) is 4.90 Å². The van der Waals surface area contributed by atoms with E-state index >= 15 is 0 Å². The van der Waals surface area contributed by atoms with Crippen LogP contribution < -0.4 is 15.8 Å². The third-order valence-electron chi connectivity index (χ3n) is 4.38. The fourth-order valence-corrected chi connectivity index (χ4v) is 3.39. The van der Waals surface area contributed by atoms with Crippen molar-refractivity contribution in [3.05, 3.63) is 60.3 Å². The molecule has 4 rings (SSSR count). The van der Waals surface area contributed by atoms with E-state index in [1.54, 1.807) is 24.3 Å². The van der Waals surface area contributed by atoms with E-state index in [1.807, 2.05) is 0 Å². The van der Waals surface area contributed by atoms with Crippen LogP contribution >= 0.6 is 0 Å². The van der Waals surface area contributed by atoms with Gasteiger partial charge < -0.3 is 15.7 Å².